The lowest BCUT2D eigenvalue weighted by molar-refractivity contribution is -0.126. The van der Waals surface area contributed by atoms with Crippen molar-refractivity contribution in [1.29, 1.82) is 0 Å². The van der Waals surface area contributed by atoms with Crippen LogP contribution in [-0.2, 0) is 16.1 Å². The lowest BCUT2D eigenvalue weighted by Gasteiger charge is -2.34. The molecule has 0 spiro atoms. The highest BCUT2D eigenvalue weighted by Gasteiger charge is 2.30. The fourth-order valence-electron chi connectivity index (χ4n) is 3.77. The Balaban J connectivity index is 1.30. The lowest BCUT2D eigenvalue weighted by Crippen LogP contribution is -2.47. The molecule has 7 nitrogen and oxygen atoms in total. The van der Waals surface area contributed by atoms with E-state index in [0.717, 1.165) is 31.5 Å². The van der Waals surface area contributed by atoms with Gasteiger partial charge in [0.05, 0.1) is 0 Å². The molecule has 4 amide bonds. The number of benzene rings is 1. The van der Waals surface area contributed by atoms with Gasteiger partial charge < -0.3 is 20.4 Å². The second-order valence-corrected chi connectivity index (χ2v) is 7.54. The summed E-state index contributed by atoms with van der Waals surface area (Å²) in [7, 11) is 0. The van der Waals surface area contributed by atoms with Gasteiger partial charge in [-0.2, -0.15) is 0 Å². The molecule has 0 aromatic heterocycles. The fraction of sp³-hybridized carbons (Fsp3) is 0.571. The Hall–Kier alpha value is -2.57. The second kappa shape index (κ2) is 10.1. The molecular weight excluding hydrogens is 356 g/mol. The van der Waals surface area contributed by atoms with Gasteiger partial charge in [-0.15, -0.1) is 0 Å². The van der Waals surface area contributed by atoms with Gasteiger partial charge >= 0.3 is 6.03 Å². The molecule has 7 heteroatoms. The van der Waals surface area contributed by atoms with Gasteiger partial charge in [-0.3, -0.25) is 9.59 Å². The van der Waals surface area contributed by atoms with Crippen molar-refractivity contribution in [2.45, 2.75) is 38.6 Å². The molecule has 2 N–H and O–H groups in total. The van der Waals surface area contributed by atoms with Crippen LogP contribution >= 0.6 is 0 Å². The van der Waals surface area contributed by atoms with Crippen LogP contribution in [0.1, 0.15) is 37.7 Å². The highest BCUT2D eigenvalue weighted by Crippen LogP contribution is 2.20. The van der Waals surface area contributed by atoms with E-state index in [9.17, 15) is 14.4 Å². The molecule has 2 aliphatic rings. The van der Waals surface area contributed by atoms with E-state index in [1.807, 2.05) is 40.1 Å². The molecule has 2 aliphatic heterocycles. The number of carbonyl (C=O) groups excluding carboxylic acids is 3. The third-order valence-electron chi connectivity index (χ3n) is 5.50. The van der Waals surface area contributed by atoms with Gasteiger partial charge in [0.2, 0.25) is 11.8 Å². The van der Waals surface area contributed by atoms with Gasteiger partial charge in [0.15, 0.2) is 0 Å². The Morgan fingerprint density at radius 3 is 2.21 bits per heavy atom. The minimum atomic E-state index is -0.0741. The number of nitrogens with zero attached hydrogens (tertiary/aromatic N) is 2. The average molecular weight is 386 g/mol. The van der Waals surface area contributed by atoms with Gasteiger partial charge in [0, 0.05) is 51.6 Å². The van der Waals surface area contributed by atoms with Gasteiger partial charge in [0.1, 0.15) is 0 Å². The van der Waals surface area contributed by atoms with Crippen molar-refractivity contribution >= 4 is 17.8 Å². The van der Waals surface area contributed by atoms with E-state index >= 15 is 0 Å². The number of urea groups is 1. The summed E-state index contributed by atoms with van der Waals surface area (Å²) in [5, 5.41) is 5.73. The number of hydrogen-bond acceptors (Lipinski definition) is 3. The van der Waals surface area contributed by atoms with E-state index in [4.69, 9.17) is 0 Å². The number of carbonyl (C=O) groups is 3. The fourth-order valence-corrected chi connectivity index (χ4v) is 3.77. The molecule has 2 heterocycles. The molecule has 1 aromatic carbocycles. The molecule has 3 rings (SSSR count). The first kappa shape index (κ1) is 20.2. The zero-order valence-corrected chi connectivity index (χ0v) is 16.4. The van der Waals surface area contributed by atoms with Crippen molar-refractivity contribution in [3.05, 3.63) is 35.9 Å². The van der Waals surface area contributed by atoms with Crippen LogP contribution in [0, 0.1) is 5.92 Å². The molecule has 28 heavy (non-hydrogen) atoms. The minimum absolute atomic E-state index is 0.0101. The maximum absolute atomic E-state index is 12.4. The first-order valence-electron chi connectivity index (χ1n) is 10.3. The molecule has 2 saturated heterocycles. The SMILES string of the molecule is O=C(CCNC(=O)C1CCN(C(=O)N2CCCC2)CC1)NCc1ccccc1. The summed E-state index contributed by atoms with van der Waals surface area (Å²) in [6, 6.07) is 9.85. The van der Waals surface area contributed by atoms with E-state index in [-0.39, 0.29) is 30.2 Å². The molecule has 0 unspecified atom stereocenters. The molecule has 1 aromatic rings. The Morgan fingerprint density at radius 1 is 0.893 bits per heavy atom. The molecule has 0 aliphatic carbocycles. The maximum Gasteiger partial charge on any atom is 0.319 e. The van der Waals surface area contributed by atoms with Crippen LogP contribution in [0.15, 0.2) is 30.3 Å². The van der Waals surface area contributed by atoms with Crippen LogP contribution in [0.5, 0.6) is 0 Å². The van der Waals surface area contributed by atoms with Crippen molar-refractivity contribution in [2.24, 2.45) is 5.92 Å². The molecule has 2 fully saturated rings. The Kier molecular flexibility index (Phi) is 7.28. The second-order valence-electron chi connectivity index (χ2n) is 7.54. The van der Waals surface area contributed by atoms with Gasteiger partial charge in [0.25, 0.3) is 0 Å². The summed E-state index contributed by atoms with van der Waals surface area (Å²) in [6.45, 7) is 3.80. The summed E-state index contributed by atoms with van der Waals surface area (Å²) in [4.78, 5) is 40.4. The number of rotatable bonds is 6. The topological polar surface area (TPSA) is 81.8 Å². The Labute approximate surface area is 166 Å². The van der Waals surface area contributed by atoms with Gasteiger partial charge in [-0.1, -0.05) is 30.3 Å². The van der Waals surface area contributed by atoms with Gasteiger partial charge in [-0.05, 0) is 31.2 Å². The Bertz CT molecular complexity index is 665. The molecule has 0 atom stereocenters. The van der Waals surface area contributed by atoms with Gasteiger partial charge in [-0.25, -0.2) is 4.79 Å². The monoisotopic (exact) mass is 386 g/mol. The van der Waals surface area contributed by atoms with Crippen LogP contribution in [-0.4, -0.2) is 60.4 Å². The van der Waals surface area contributed by atoms with E-state index in [2.05, 4.69) is 10.6 Å². The molecule has 0 radical (unpaired) electrons. The average Bonchev–Trinajstić information content (AvgIpc) is 3.27. The predicted molar refractivity (Wildman–Crippen MR) is 106 cm³/mol. The highest BCUT2D eigenvalue weighted by atomic mass is 16.2. The van der Waals surface area contributed by atoms with Crippen molar-refractivity contribution < 1.29 is 14.4 Å². The zero-order valence-electron chi connectivity index (χ0n) is 16.4. The Morgan fingerprint density at radius 2 is 1.54 bits per heavy atom. The normalized spacial score (nSPS) is 17.4. The van der Waals surface area contributed by atoms with Crippen LogP contribution in [0.3, 0.4) is 0 Å². The summed E-state index contributed by atoms with van der Waals surface area (Å²) >= 11 is 0. The quantitative estimate of drug-likeness (QED) is 0.781. The lowest BCUT2D eigenvalue weighted by atomic mass is 9.96. The summed E-state index contributed by atoms with van der Waals surface area (Å²) < 4.78 is 0. The zero-order chi connectivity index (χ0) is 19.8. The van der Waals surface area contributed by atoms with Crippen LogP contribution in [0.25, 0.3) is 0 Å². The summed E-state index contributed by atoms with van der Waals surface area (Å²) in [5.74, 6) is -0.158. The summed E-state index contributed by atoms with van der Waals surface area (Å²) in [5.41, 5.74) is 1.05. The predicted octanol–water partition coefficient (Wildman–Crippen LogP) is 1.74. The first-order chi connectivity index (χ1) is 13.6. The van der Waals surface area contributed by atoms with Crippen molar-refractivity contribution in [3.63, 3.8) is 0 Å². The number of nitrogens with one attached hydrogen (secondary N) is 2. The highest BCUT2D eigenvalue weighted by molar-refractivity contribution is 5.81. The number of hydrogen-bond donors (Lipinski definition) is 2. The van der Waals surface area contributed by atoms with E-state index < -0.39 is 0 Å². The molecule has 0 bridgehead atoms. The van der Waals surface area contributed by atoms with Crippen molar-refractivity contribution in [3.8, 4) is 0 Å². The maximum atomic E-state index is 12.4. The third kappa shape index (κ3) is 5.71. The molecule has 0 saturated carbocycles. The van der Waals surface area contributed by atoms with Crippen LogP contribution in [0.2, 0.25) is 0 Å². The first-order valence-corrected chi connectivity index (χ1v) is 10.3. The van der Waals surface area contributed by atoms with Crippen LogP contribution < -0.4 is 10.6 Å². The van der Waals surface area contributed by atoms with Crippen LogP contribution in [0.4, 0.5) is 4.79 Å². The molecular formula is C21H30N4O3. The standard InChI is InChI=1S/C21H30N4O3/c26-19(23-16-17-6-2-1-3-7-17)8-11-22-20(27)18-9-14-25(15-10-18)21(28)24-12-4-5-13-24/h1-3,6-7,18H,4-5,8-16H2,(H,22,27)(H,23,26). The van der Waals surface area contributed by atoms with Crippen molar-refractivity contribution in [2.75, 3.05) is 32.7 Å². The molecule has 152 valence electrons. The van der Waals surface area contributed by atoms with Crippen molar-refractivity contribution in [1.82, 2.24) is 20.4 Å². The van der Waals surface area contributed by atoms with E-state index in [0.29, 0.717) is 39.0 Å². The number of amides is 4. The third-order valence-corrected chi connectivity index (χ3v) is 5.50. The summed E-state index contributed by atoms with van der Waals surface area (Å²) in [6.07, 6.45) is 3.81. The van der Waals surface area contributed by atoms with E-state index in [1.54, 1.807) is 0 Å². The minimum Gasteiger partial charge on any atom is -0.355 e. The van der Waals surface area contributed by atoms with E-state index in [1.165, 1.54) is 0 Å². The largest absolute Gasteiger partial charge is 0.355 e. The smallest absolute Gasteiger partial charge is 0.319 e. The number of piperidine rings is 1. The number of likely N-dealkylation sites (tertiary alicyclic amines) is 2.